The Morgan fingerprint density at radius 2 is 2.10 bits per heavy atom. The number of hydrogen-bond acceptors (Lipinski definition) is 3. The second kappa shape index (κ2) is 9.50. The smallest absolute Gasteiger partial charge is 0.234 e. The minimum absolute atomic E-state index is 0.0546. The first-order chi connectivity index (χ1) is 9.65. The van der Waals surface area contributed by atoms with Gasteiger partial charge in [-0.15, -0.1) is 0 Å². The van der Waals surface area contributed by atoms with Crippen LogP contribution < -0.4 is 10.6 Å². The Balaban J connectivity index is 2.29. The van der Waals surface area contributed by atoms with Gasteiger partial charge in [-0.3, -0.25) is 4.79 Å². The molecular formula is C16H26N2O2. The number of carbonyl (C=O) groups excluding carboxylic acids is 1. The Hall–Kier alpha value is -1.39. The van der Waals surface area contributed by atoms with Gasteiger partial charge in [0, 0.05) is 19.7 Å². The lowest BCUT2D eigenvalue weighted by atomic mass is 10.1. The molecular weight excluding hydrogens is 252 g/mol. The maximum Gasteiger partial charge on any atom is 0.234 e. The molecule has 1 aromatic rings. The van der Waals surface area contributed by atoms with Crippen molar-refractivity contribution in [1.29, 1.82) is 0 Å². The van der Waals surface area contributed by atoms with Gasteiger partial charge >= 0.3 is 0 Å². The van der Waals surface area contributed by atoms with Crippen LogP contribution >= 0.6 is 0 Å². The minimum Gasteiger partial charge on any atom is -0.380 e. The molecule has 0 saturated carbocycles. The van der Waals surface area contributed by atoms with E-state index in [0.717, 1.165) is 24.0 Å². The molecule has 0 fully saturated rings. The van der Waals surface area contributed by atoms with Crippen LogP contribution in [-0.4, -0.2) is 25.6 Å². The summed E-state index contributed by atoms with van der Waals surface area (Å²) in [6.45, 7) is 5.81. The van der Waals surface area contributed by atoms with Gasteiger partial charge < -0.3 is 15.4 Å². The van der Waals surface area contributed by atoms with Gasteiger partial charge in [-0.25, -0.2) is 0 Å². The number of hydrogen-bond donors (Lipinski definition) is 2. The molecule has 1 aromatic carbocycles. The summed E-state index contributed by atoms with van der Waals surface area (Å²) in [7, 11) is 1.69. The third-order valence-corrected chi connectivity index (χ3v) is 3.05. The molecule has 2 N–H and O–H groups in total. The van der Waals surface area contributed by atoms with Gasteiger partial charge in [0.2, 0.25) is 5.91 Å². The van der Waals surface area contributed by atoms with Gasteiger partial charge in [0.05, 0.1) is 13.2 Å². The maximum absolute atomic E-state index is 11.7. The van der Waals surface area contributed by atoms with Crippen molar-refractivity contribution in [3.8, 4) is 0 Å². The molecule has 1 amide bonds. The van der Waals surface area contributed by atoms with Crippen molar-refractivity contribution >= 4 is 5.91 Å². The number of amides is 1. The summed E-state index contributed by atoms with van der Waals surface area (Å²) in [5, 5.41) is 6.14. The number of methoxy groups -OCH3 is 1. The summed E-state index contributed by atoms with van der Waals surface area (Å²) in [5.41, 5.74) is 2.31. The number of ether oxygens (including phenoxy) is 1. The largest absolute Gasteiger partial charge is 0.380 e. The fourth-order valence-corrected chi connectivity index (χ4v) is 2.15. The van der Waals surface area contributed by atoms with Crippen molar-refractivity contribution in [2.24, 2.45) is 0 Å². The molecule has 0 aliphatic rings. The molecule has 0 bridgehead atoms. The zero-order valence-corrected chi connectivity index (χ0v) is 12.7. The monoisotopic (exact) mass is 278 g/mol. The Bertz CT molecular complexity index is 407. The highest BCUT2D eigenvalue weighted by atomic mass is 16.5. The van der Waals surface area contributed by atoms with Gasteiger partial charge in [0.25, 0.3) is 0 Å². The lowest BCUT2D eigenvalue weighted by Gasteiger charge is -2.13. The minimum atomic E-state index is 0.0546. The molecule has 0 aromatic heterocycles. The first-order valence-electron chi connectivity index (χ1n) is 7.22. The first kappa shape index (κ1) is 16.7. The molecule has 0 radical (unpaired) electrons. The molecule has 0 heterocycles. The molecule has 0 aliphatic heterocycles. The number of carbonyl (C=O) groups is 1. The van der Waals surface area contributed by atoms with Crippen molar-refractivity contribution < 1.29 is 9.53 Å². The van der Waals surface area contributed by atoms with Gasteiger partial charge in [0.15, 0.2) is 0 Å². The molecule has 1 rings (SSSR count). The van der Waals surface area contributed by atoms with Gasteiger partial charge in [-0.2, -0.15) is 0 Å². The zero-order chi connectivity index (χ0) is 14.8. The molecule has 20 heavy (non-hydrogen) atoms. The van der Waals surface area contributed by atoms with Crippen molar-refractivity contribution in [3.63, 3.8) is 0 Å². The lowest BCUT2D eigenvalue weighted by Crippen LogP contribution is -2.38. The Labute approximate surface area is 121 Å². The predicted molar refractivity (Wildman–Crippen MR) is 81.4 cm³/mol. The summed E-state index contributed by atoms with van der Waals surface area (Å²) in [6, 6.07) is 8.43. The summed E-state index contributed by atoms with van der Waals surface area (Å²) in [6.07, 6.45) is 2.10. The van der Waals surface area contributed by atoms with Gasteiger partial charge in [0.1, 0.15) is 0 Å². The van der Waals surface area contributed by atoms with Crippen molar-refractivity contribution in [3.05, 3.63) is 35.4 Å². The molecule has 4 nitrogen and oxygen atoms in total. The van der Waals surface area contributed by atoms with Crippen LogP contribution in [0.15, 0.2) is 24.3 Å². The Morgan fingerprint density at radius 3 is 2.80 bits per heavy atom. The fraction of sp³-hybridized carbons (Fsp3) is 0.562. The van der Waals surface area contributed by atoms with Crippen LogP contribution in [0.1, 0.15) is 37.8 Å². The topological polar surface area (TPSA) is 50.4 Å². The van der Waals surface area contributed by atoms with Crippen LogP contribution in [0, 0.1) is 0 Å². The Kier molecular flexibility index (Phi) is 7.92. The number of rotatable bonds is 9. The normalized spacial score (nSPS) is 12.2. The van der Waals surface area contributed by atoms with Gasteiger partial charge in [-0.1, -0.05) is 37.6 Å². The van der Waals surface area contributed by atoms with E-state index in [4.69, 9.17) is 4.74 Å². The molecule has 0 spiro atoms. The van der Waals surface area contributed by atoms with E-state index in [2.05, 4.69) is 23.6 Å². The molecule has 0 aliphatic carbocycles. The lowest BCUT2D eigenvalue weighted by molar-refractivity contribution is -0.120. The zero-order valence-electron chi connectivity index (χ0n) is 12.7. The van der Waals surface area contributed by atoms with E-state index in [9.17, 15) is 4.79 Å². The van der Waals surface area contributed by atoms with Crippen LogP contribution in [0.4, 0.5) is 0 Å². The summed E-state index contributed by atoms with van der Waals surface area (Å²) in [5.74, 6) is 0.0546. The van der Waals surface area contributed by atoms with E-state index in [1.54, 1.807) is 7.11 Å². The number of benzene rings is 1. The third kappa shape index (κ3) is 6.68. The van der Waals surface area contributed by atoms with Crippen LogP contribution in [0.2, 0.25) is 0 Å². The average molecular weight is 278 g/mol. The van der Waals surface area contributed by atoms with Gasteiger partial charge in [-0.05, 0) is 24.5 Å². The quantitative estimate of drug-likeness (QED) is 0.728. The molecule has 1 unspecified atom stereocenters. The van der Waals surface area contributed by atoms with Crippen LogP contribution in [0.5, 0.6) is 0 Å². The summed E-state index contributed by atoms with van der Waals surface area (Å²) < 4.78 is 5.11. The third-order valence-electron chi connectivity index (χ3n) is 3.05. The maximum atomic E-state index is 11.7. The average Bonchev–Trinajstić information content (AvgIpc) is 2.39. The van der Waals surface area contributed by atoms with E-state index in [-0.39, 0.29) is 11.9 Å². The van der Waals surface area contributed by atoms with E-state index in [0.29, 0.717) is 19.7 Å². The van der Waals surface area contributed by atoms with E-state index in [1.807, 2.05) is 25.1 Å². The molecule has 0 saturated heterocycles. The highest BCUT2D eigenvalue weighted by Crippen LogP contribution is 2.06. The second-order valence-corrected chi connectivity index (χ2v) is 5.11. The Morgan fingerprint density at radius 1 is 1.35 bits per heavy atom. The summed E-state index contributed by atoms with van der Waals surface area (Å²) in [4.78, 5) is 11.7. The van der Waals surface area contributed by atoms with E-state index in [1.165, 1.54) is 0 Å². The fourth-order valence-electron chi connectivity index (χ4n) is 2.15. The summed E-state index contributed by atoms with van der Waals surface area (Å²) >= 11 is 0. The number of nitrogens with one attached hydrogen (secondary N) is 2. The molecule has 4 heteroatoms. The molecule has 112 valence electrons. The van der Waals surface area contributed by atoms with E-state index < -0.39 is 0 Å². The van der Waals surface area contributed by atoms with Crippen LogP contribution in [0.3, 0.4) is 0 Å². The molecule has 1 atom stereocenters. The SMILES string of the molecule is CCCC(C)NC(=O)CNCc1cccc(COC)c1. The second-order valence-electron chi connectivity index (χ2n) is 5.11. The van der Waals surface area contributed by atoms with Crippen LogP contribution in [0.25, 0.3) is 0 Å². The standard InChI is InChI=1S/C16H26N2O2/c1-4-6-13(2)18-16(19)11-17-10-14-7-5-8-15(9-14)12-20-3/h5,7-9,13,17H,4,6,10-12H2,1-3H3,(H,18,19). The highest BCUT2D eigenvalue weighted by molar-refractivity contribution is 5.78. The van der Waals surface area contributed by atoms with Crippen molar-refractivity contribution in [2.45, 2.75) is 45.9 Å². The highest BCUT2D eigenvalue weighted by Gasteiger charge is 2.05. The van der Waals surface area contributed by atoms with Crippen molar-refractivity contribution in [1.82, 2.24) is 10.6 Å². The predicted octanol–water partition coefficient (Wildman–Crippen LogP) is 2.23. The van der Waals surface area contributed by atoms with E-state index >= 15 is 0 Å². The van der Waals surface area contributed by atoms with Crippen molar-refractivity contribution in [2.75, 3.05) is 13.7 Å². The van der Waals surface area contributed by atoms with Crippen LogP contribution in [-0.2, 0) is 22.7 Å². The first-order valence-corrected chi connectivity index (χ1v) is 7.22.